The summed E-state index contributed by atoms with van der Waals surface area (Å²) in [6, 6.07) is 10.3. The van der Waals surface area contributed by atoms with E-state index in [4.69, 9.17) is 4.74 Å². The van der Waals surface area contributed by atoms with Gasteiger partial charge < -0.3 is 9.30 Å². The van der Waals surface area contributed by atoms with Crippen LogP contribution in [0.25, 0.3) is 11.4 Å². The molecule has 4 nitrogen and oxygen atoms in total. The van der Waals surface area contributed by atoms with Gasteiger partial charge in [-0.2, -0.15) is 0 Å². The fraction of sp³-hybridized carbons (Fsp3) is 0.333. The van der Waals surface area contributed by atoms with E-state index in [1.807, 2.05) is 19.2 Å². The van der Waals surface area contributed by atoms with Crippen molar-refractivity contribution in [3.05, 3.63) is 46.2 Å². The van der Waals surface area contributed by atoms with E-state index in [1.165, 1.54) is 10.4 Å². The Bertz CT molecular complexity index is 823. The van der Waals surface area contributed by atoms with Gasteiger partial charge in [-0.15, -0.1) is 21.5 Å². The normalized spacial score (nSPS) is 11.2. The summed E-state index contributed by atoms with van der Waals surface area (Å²) >= 11 is 3.47. The quantitative estimate of drug-likeness (QED) is 0.583. The lowest BCUT2D eigenvalue weighted by Gasteiger charge is -2.05. The second-order valence-electron chi connectivity index (χ2n) is 5.90. The standard InChI is InChI=1S/C18H21N3OS2/c1-12(2)16-9-14(11-23-16)17-19-20-18(21(17)3)24-10-13-6-5-7-15(8-13)22-4/h5-9,11-12H,10H2,1-4H3. The average molecular weight is 360 g/mol. The van der Waals surface area contributed by atoms with Crippen LogP contribution in [0.2, 0.25) is 0 Å². The van der Waals surface area contributed by atoms with Crippen molar-refractivity contribution in [2.24, 2.45) is 7.05 Å². The minimum Gasteiger partial charge on any atom is -0.497 e. The molecule has 0 fully saturated rings. The Morgan fingerprint density at radius 1 is 1.25 bits per heavy atom. The van der Waals surface area contributed by atoms with Gasteiger partial charge in [0.15, 0.2) is 11.0 Å². The van der Waals surface area contributed by atoms with Crippen LogP contribution in [0.15, 0.2) is 40.9 Å². The highest BCUT2D eigenvalue weighted by molar-refractivity contribution is 7.98. The van der Waals surface area contributed by atoms with Gasteiger partial charge in [0.05, 0.1) is 7.11 Å². The van der Waals surface area contributed by atoms with E-state index >= 15 is 0 Å². The average Bonchev–Trinajstić information content (AvgIpc) is 3.20. The van der Waals surface area contributed by atoms with Crippen LogP contribution in [-0.4, -0.2) is 21.9 Å². The number of rotatable bonds is 6. The Kier molecular flexibility index (Phi) is 5.26. The molecule has 0 N–H and O–H groups in total. The summed E-state index contributed by atoms with van der Waals surface area (Å²) < 4.78 is 7.34. The minimum absolute atomic E-state index is 0.541. The van der Waals surface area contributed by atoms with Gasteiger partial charge in [0.2, 0.25) is 0 Å². The molecule has 0 atom stereocenters. The summed E-state index contributed by atoms with van der Waals surface area (Å²) in [6.07, 6.45) is 0. The van der Waals surface area contributed by atoms with Crippen molar-refractivity contribution in [2.75, 3.05) is 7.11 Å². The smallest absolute Gasteiger partial charge is 0.191 e. The largest absolute Gasteiger partial charge is 0.497 e. The van der Waals surface area contributed by atoms with Crippen LogP contribution in [0, 0.1) is 0 Å². The maximum absolute atomic E-state index is 5.27. The predicted molar refractivity (Wildman–Crippen MR) is 101 cm³/mol. The molecule has 0 aliphatic heterocycles. The maximum atomic E-state index is 5.27. The van der Waals surface area contributed by atoms with E-state index in [0.29, 0.717) is 5.92 Å². The van der Waals surface area contributed by atoms with Crippen LogP contribution in [0.3, 0.4) is 0 Å². The number of aromatic nitrogens is 3. The second-order valence-corrected chi connectivity index (χ2v) is 7.78. The first kappa shape index (κ1) is 17.0. The van der Waals surface area contributed by atoms with Gasteiger partial charge in [0.1, 0.15) is 5.75 Å². The third kappa shape index (κ3) is 3.65. The number of benzene rings is 1. The van der Waals surface area contributed by atoms with Crippen LogP contribution >= 0.6 is 23.1 Å². The van der Waals surface area contributed by atoms with Gasteiger partial charge in [-0.3, -0.25) is 0 Å². The zero-order valence-corrected chi connectivity index (χ0v) is 15.9. The SMILES string of the molecule is COc1cccc(CSc2nnc(-c3csc(C(C)C)c3)n2C)c1. The van der Waals surface area contributed by atoms with Crippen LogP contribution in [0.1, 0.15) is 30.2 Å². The lowest BCUT2D eigenvalue weighted by molar-refractivity contribution is 0.414. The summed E-state index contributed by atoms with van der Waals surface area (Å²) in [5, 5.41) is 11.8. The van der Waals surface area contributed by atoms with Gasteiger partial charge in [-0.1, -0.05) is 37.7 Å². The van der Waals surface area contributed by atoms with Crippen molar-refractivity contribution >= 4 is 23.1 Å². The molecule has 0 aliphatic carbocycles. The molecule has 0 spiro atoms. The predicted octanol–water partition coefficient (Wildman–Crippen LogP) is 4.97. The molecule has 0 unspecified atom stereocenters. The Morgan fingerprint density at radius 3 is 2.79 bits per heavy atom. The van der Waals surface area contributed by atoms with Gasteiger partial charge >= 0.3 is 0 Å². The molecule has 3 aromatic rings. The van der Waals surface area contributed by atoms with Crippen molar-refractivity contribution < 1.29 is 4.74 Å². The van der Waals surface area contributed by atoms with Gasteiger partial charge in [-0.25, -0.2) is 0 Å². The molecule has 0 saturated carbocycles. The summed E-state index contributed by atoms with van der Waals surface area (Å²) in [5.41, 5.74) is 2.36. The molecular weight excluding hydrogens is 338 g/mol. The lowest BCUT2D eigenvalue weighted by Crippen LogP contribution is -1.94. The number of methoxy groups -OCH3 is 1. The number of thioether (sulfide) groups is 1. The van der Waals surface area contributed by atoms with Gasteiger partial charge in [0.25, 0.3) is 0 Å². The topological polar surface area (TPSA) is 39.9 Å². The first-order valence-electron chi connectivity index (χ1n) is 7.82. The fourth-order valence-corrected chi connectivity index (χ4v) is 4.13. The number of thiophene rings is 1. The van der Waals surface area contributed by atoms with E-state index < -0.39 is 0 Å². The number of ether oxygens (including phenoxy) is 1. The van der Waals surface area contributed by atoms with Crippen molar-refractivity contribution in [3.8, 4) is 17.1 Å². The molecule has 2 aromatic heterocycles. The summed E-state index contributed by atoms with van der Waals surface area (Å²) in [6.45, 7) is 4.42. The zero-order chi connectivity index (χ0) is 17.1. The molecule has 24 heavy (non-hydrogen) atoms. The third-order valence-corrected chi connectivity index (χ3v) is 6.11. The van der Waals surface area contributed by atoms with Gasteiger partial charge in [-0.05, 0) is 29.7 Å². The molecule has 0 radical (unpaired) electrons. The van der Waals surface area contributed by atoms with Crippen molar-refractivity contribution in [1.82, 2.24) is 14.8 Å². The molecule has 1 aromatic carbocycles. The molecule has 0 amide bonds. The molecule has 0 bridgehead atoms. The van der Waals surface area contributed by atoms with Crippen molar-refractivity contribution in [3.63, 3.8) is 0 Å². The first-order chi connectivity index (χ1) is 11.6. The Morgan fingerprint density at radius 2 is 2.08 bits per heavy atom. The van der Waals surface area contributed by atoms with Gasteiger partial charge in [0, 0.05) is 28.6 Å². The number of hydrogen-bond acceptors (Lipinski definition) is 5. The summed E-state index contributed by atoms with van der Waals surface area (Å²) in [7, 11) is 3.71. The highest BCUT2D eigenvalue weighted by atomic mass is 32.2. The van der Waals surface area contributed by atoms with E-state index in [0.717, 1.165) is 28.0 Å². The summed E-state index contributed by atoms with van der Waals surface area (Å²) in [5.74, 6) is 3.18. The van der Waals surface area contributed by atoms with Crippen LogP contribution in [0.4, 0.5) is 0 Å². The molecule has 0 saturated heterocycles. The highest BCUT2D eigenvalue weighted by Gasteiger charge is 2.14. The molecule has 2 heterocycles. The number of nitrogens with zero attached hydrogens (tertiary/aromatic N) is 3. The zero-order valence-electron chi connectivity index (χ0n) is 14.3. The monoisotopic (exact) mass is 359 g/mol. The van der Waals surface area contributed by atoms with E-state index in [2.05, 4.69) is 52.2 Å². The molecular formula is C18H21N3OS2. The van der Waals surface area contributed by atoms with E-state index in [1.54, 1.807) is 30.2 Å². The Hall–Kier alpha value is -1.79. The molecule has 6 heteroatoms. The highest BCUT2D eigenvalue weighted by Crippen LogP contribution is 2.31. The van der Waals surface area contributed by atoms with E-state index in [9.17, 15) is 0 Å². The van der Waals surface area contributed by atoms with Crippen molar-refractivity contribution in [1.29, 1.82) is 0 Å². The fourth-order valence-electron chi connectivity index (χ4n) is 2.37. The van der Waals surface area contributed by atoms with Crippen LogP contribution in [-0.2, 0) is 12.8 Å². The Labute approximate surface area is 150 Å². The van der Waals surface area contributed by atoms with E-state index in [-0.39, 0.29) is 0 Å². The molecule has 126 valence electrons. The minimum atomic E-state index is 0.541. The van der Waals surface area contributed by atoms with Crippen LogP contribution < -0.4 is 4.74 Å². The Balaban J connectivity index is 1.74. The molecule has 0 aliphatic rings. The lowest BCUT2D eigenvalue weighted by atomic mass is 10.1. The summed E-state index contributed by atoms with van der Waals surface area (Å²) in [4.78, 5) is 1.37. The first-order valence-corrected chi connectivity index (χ1v) is 9.69. The second kappa shape index (κ2) is 7.40. The maximum Gasteiger partial charge on any atom is 0.191 e. The number of hydrogen-bond donors (Lipinski definition) is 0. The third-order valence-electron chi connectivity index (χ3n) is 3.78. The van der Waals surface area contributed by atoms with Crippen molar-refractivity contribution in [2.45, 2.75) is 30.7 Å². The molecule has 3 rings (SSSR count). The van der Waals surface area contributed by atoms with Crippen LogP contribution in [0.5, 0.6) is 5.75 Å².